The Hall–Kier alpha value is -3.36. The monoisotopic (exact) mass is 384 g/mol. The molecule has 1 atom stereocenters. The maximum atomic E-state index is 12.9. The number of fused-ring (bicyclic) bond motifs is 1. The minimum atomic E-state index is -0.954. The minimum absolute atomic E-state index is 0.190. The zero-order chi connectivity index (χ0) is 20.0. The first-order chi connectivity index (χ1) is 13.4. The maximum absolute atomic E-state index is 12.9. The Kier molecular flexibility index (Phi) is 4.29. The van der Waals surface area contributed by atoms with Crippen LogP contribution in [0.4, 0.5) is 4.79 Å². The molecule has 3 heterocycles. The molecule has 1 fully saturated rings. The SMILES string of the molecule is Cn1c(=O)n(C2CCC(=O)NC2=O)c2cccc(C3=CCN(C(=O)O)CC3)c21. The number of hydrogen-bond donors (Lipinski definition) is 2. The van der Waals surface area contributed by atoms with Gasteiger partial charge in [0.25, 0.3) is 0 Å². The van der Waals surface area contributed by atoms with Gasteiger partial charge in [-0.3, -0.25) is 24.0 Å². The summed E-state index contributed by atoms with van der Waals surface area (Å²) >= 11 is 0. The summed E-state index contributed by atoms with van der Waals surface area (Å²) in [5.41, 5.74) is 2.83. The highest BCUT2D eigenvalue weighted by Gasteiger charge is 2.32. The maximum Gasteiger partial charge on any atom is 0.407 e. The predicted molar refractivity (Wildman–Crippen MR) is 101 cm³/mol. The summed E-state index contributed by atoms with van der Waals surface area (Å²) in [6.45, 7) is 0.683. The second-order valence-corrected chi connectivity index (χ2v) is 7.06. The summed E-state index contributed by atoms with van der Waals surface area (Å²) in [5, 5.41) is 11.4. The van der Waals surface area contributed by atoms with E-state index in [2.05, 4.69) is 5.32 Å². The fourth-order valence-electron chi connectivity index (χ4n) is 4.01. The molecule has 2 aliphatic rings. The van der Waals surface area contributed by atoms with Crippen molar-refractivity contribution in [1.82, 2.24) is 19.4 Å². The highest BCUT2D eigenvalue weighted by molar-refractivity contribution is 6.00. The van der Waals surface area contributed by atoms with Crippen LogP contribution in [0.25, 0.3) is 16.6 Å². The van der Waals surface area contributed by atoms with Gasteiger partial charge in [-0.1, -0.05) is 18.2 Å². The van der Waals surface area contributed by atoms with Crippen molar-refractivity contribution in [2.24, 2.45) is 7.05 Å². The van der Waals surface area contributed by atoms with Gasteiger partial charge in [0.2, 0.25) is 11.8 Å². The highest BCUT2D eigenvalue weighted by Crippen LogP contribution is 2.31. The molecule has 0 bridgehead atoms. The zero-order valence-electron chi connectivity index (χ0n) is 15.3. The van der Waals surface area contributed by atoms with Gasteiger partial charge in [0.1, 0.15) is 6.04 Å². The van der Waals surface area contributed by atoms with Crippen molar-refractivity contribution in [1.29, 1.82) is 0 Å². The molecule has 28 heavy (non-hydrogen) atoms. The number of amides is 3. The van der Waals surface area contributed by atoms with E-state index in [1.54, 1.807) is 13.1 Å². The Balaban J connectivity index is 1.82. The van der Waals surface area contributed by atoms with Crippen molar-refractivity contribution in [3.05, 3.63) is 40.3 Å². The van der Waals surface area contributed by atoms with Gasteiger partial charge < -0.3 is 10.0 Å². The number of carbonyl (C=O) groups excluding carboxylic acids is 2. The number of piperidine rings is 1. The van der Waals surface area contributed by atoms with E-state index in [4.69, 9.17) is 5.11 Å². The lowest BCUT2D eigenvalue weighted by Gasteiger charge is -2.24. The Morgan fingerprint density at radius 3 is 2.64 bits per heavy atom. The smallest absolute Gasteiger partial charge is 0.407 e. The van der Waals surface area contributed by atoms with Gasteiger partial charge in [0, 0.05) is 32.1 Å². The molecule has 1 aromatic heterocycles. The first-order valence-electron chi connectivity index (χ1n) is 9.09. The lowest BCUT2D eigenvalue weighted by molar-refractivity contribution is -0.135. The van der Waals surface area contributed by atoms with Crippen molar-refractivity contribution in [3.63, 3.8) is 0 Å². The quantitative estimate of drug-likeness (QED) is 0.753. The zero-order valence-corrected chi connectivity index (χ0v) is 15.3. The fraction of sp³-hybridized carbons (Fsp3) is 0.368. The Bertz CT molecular complexity index is 1090. The van der Waals surface area contributed by atoms with Crippen LogP contribution < -0.4 is 11.0 Å². The normalized spacial score (nSPS) is 20.2. The van der Waals surface area contributed by atoms with Gasteiger partial charge in [-0.25, -0.2) is 9.59 Å². The number of nitrogens with zero attached hydrogens (tertiary/aromatic N) is 3. The van der Waals surface area contributed by atoms with Crippen molar-refractivity contribution in [2.45, 2.75) is 25.3 Å². The third kappa shape index (κ3) is 2.79. The van der Waals surface area contributed by atoms with Gasteiger partial charge in [-0.2, -0.15) is 0 Å². The molecule has 0 spiro atoms. The first-order valence-corrected chi connectivity index (χ1v) is 9.09. The molecule has 1 aromatic carbocycles. The summed E-state index contributed by atoms with van der Waals surface area (Å²) in [4.78, 5) is 49.2. The number of carboxylic acid groups (broad SMARTS) is 1. The molecule has 0 radical (unpaired) electrons. The van der Waals surface area contributed by atoms with E-state index in [9.17, 15) is 19.2 Å². The highest BCUT2D eigenvalue weighted by atomic mass is 16.4. The van der Waals surface area contributed by atoms with Crippen LogP contribution in [-0.4, -0.2) is 50.1 Å². The van der Waals surface area contributed by atoms with E-state index < -0.39 is 18.0 Å². The molecule has 0 aliphatic carbocycles. The third-order valence-electron chi connectivity index (χ3n) is 5.45. The van der Waals surface area contributed by atoms with Gasteiger partial charge in [-0.05, 0) is 24.5 Å². The molecule has 4 rings (SSSR count). The Labute approximate surface area is 159 Å². The Morgan fingerprint density at radius 2 is 2.00 bits per heavy atom. The summed E-state index contributed by atoms with van der Waals surface area (Å²) in [6, 6.07) is 4.78. The van der Waals surface area contributed by atoms with Crippen molar-refractivity contribution in [3.8, 4) is 0 Å². The molecule has 2 N–H and O–H groups in total. The van der Waals surface area contributed by atoms with Crippen LogP contribution in [0.15, 0.2) is 29.1 Å². The third-order valence-corrected chi connectivity index (χ3v) is 5.45. The van der Waals surface area contributed by atoms with Gasteiger partial charge in [0.15, 0.2) is 0 Å². The average Bonchev–Trinajstić information content (AvgIpc) is 2.93. The van der Waals surface area contributed by atoms with Crippen LogP contribution in [0.2, 0.25) is 0 Å². The second-order valence-electron chi connectivity index (χ2n) is 7.06. The van der Waals surface area contributed by atoms with E-state index in [0.29, 0.717) is 30.5 Å². The summed E-state index contributed by atoms with van der Waals surface area (Å²) in [7, 11) is 1.66. The number of hydrogen-bond acceptors (Lipinski definition) is 4. The van der Waals surface area contributed by atoms with Crippen LogP contribution in [0.5, 0.6) is 0 Å². The van der Waals surface area contributed by atoms with Gasteiger partial charge >= 0.3 is 11.8 Å². The van der Waals surface area contributed by atoms with Crippen LogP contribution in [0.1, 0.15) is 30.9 Å². The molecule has 146 valence electrons. The van der Waals surface area contributed by atoms with Crippen LogP contribution in [-0.2, 0) is 16.6 Å². The number of nitrogens with one attached hydrogen (secondary N) is 1. The van der Waals surface area contributed by atoms with Crippen LogP contribution in [0.3, 0.4) is 0 Å². The molecular weight excluding hydrogens is 364 g/mol. The molecule has 0 saturated carbocycles. The van der Waals surface area contributed by atoms with E-state index in [0.717, 1.165) is 11.1 Å². The van der Waals surface area contributed by atoms with Crippen molar-refractivity contribution in [2.75, 3.05) is 13.1 Å². The molecule has 2 aliphatic heterocycles. The summed E-state index contributed by atoms with van der Waals surface area (Å²) in [6.07, 6.45) is 1.92. The molecular formula is C19H20N4O5. The lowest BCUT2D eigenvalue weighted by atomic mass is 9.98. The van der Waals surface area contributed by atoms with E-state index in [-0.39, 0.29) is 24.4 Å². The van der Waals surface area contributed by atoms with Crippen LogP contribution in [0, 0.1) is 0 Å². The van der Waals surface area contributed by atoms with E-state index in [1.807, 2.05) is 18.2 Å². The van der Waals surface area contributed by atoms with E-state index in [1.165, 1.54) is 14.0 Å². The molecule has 2 aromatic rings. The predicted octanol–water partition coefficient (Wildman–Crippen LogP) is 1.08. The molecule has 9 heteroatoms. The minimum Gasteiger partial charge on any atom is -0.465 e. The Morgan fingerprint density at radius 1 is 1.21 bits per heavy atom. The first kappa shape index (κ1) is 18.0. The van der Waals surface area contributed by atoms with Gasteiger partial charge in [-0.15, -0.1) is 0 Å². The topological polar surface area (TPSA) is 114 Å². The molecule has 3 amide bonds. The fourth-order valence-corrected chi connectivity index (χ4v) is 4.01. The number of para-hydroxylation sites is 1. The van der Waals surface area contributed by atoms with Crippen molar-refractivity contribution < 1.29 is 19.5 Å². The number of carbonyl (C=O) groups is 3. The average molecular weight is 384 g/mol. The standard InChI is InChI=1S/C19H20N4O5/c1-21-16-12(11-7-9-22(10-8-11)19(27)28)3-2-4-13(16)23(18(21)26)14-5-6-15(24)20-17(14)25/h2-4,7,14H,5-6,8-10H2,1H3,(H,27,28)(H,20,24,25). The summed E-state index contributed by atoms with van der Waals surface area (Å²) < 4.78 is 2.96. The molecule has 1 saturated heterocycles. The van der Waals surface area contributed by atoms with E-state index >= 15 is 0 Å². The number of rotatable bonds is 2. The largest absolute Gasteiger partial charge is 0.465 e. The van der Waals surface area contributed by atoms with Crippen molar-refractivity contribution >= 4 is 34.5 Å². The number of benzene rings is 1. The van der Waals surface area contributed by atoms with Crippen LogP contribution >= 0.6 is 0 Å². The second kappa shape index (κ2) is 6.66. The number of imidazole rings is 1. The summed E-state index contributed by atoms with van der Waals surface area (Å²) in [5.74, 6) is -0.796. The molecule has 1 unspecified atom stereocenters. The number of aryl methyl sites for hydroxylation is 1. The number of imide groups is 1. The molecule has 9 nitrogen and oxygen atoms in total. The van der Waals surface area contributed by atoms with Gasteiger partial charge in [0.05, 0.1) is 11.0 Å². The number of aromatic nitrogens is 2. The lowest BCUT2D eigenvalue weighted by Crippen LogP contribution is -2.44.